The molecular weight excluding hydrogens is 460 g/mol. The van der Waals surface area contributed by atoms with Crippen molar-refractivity contribution in [3.63, 3.8) is 0 Å². The van der Waals surface area contributed by atoms with Crippen LogP contribution in [0.25, 0.3) is 0 Å². The van der Waals surface area contributed by atoms with Crippen LogP contribution < -0.4 is 10.2 Å². The minimum absolute atomic E-state index is 0.00484. The average Bonchev–Trinajstić information content (AvgIpc) is 2.90. The molecule has 0 spiro atoms. The zero-order valence-electron chi connectivity index (χ0n) is 20.8. The molecule has 4 rings (SSSR count). The van der Waals surface area contributed by atoms with Crippen molar-refractivity contribution in [2.45, 2.75) is 13.5 Å². The Balaban J connectivity index is 1.25. The van der Waals surface area contributed by atoms with Gasteiger partial charge in [0.2, 0.25) is 5.91 Å². The second-order valence-corrected chi connectivity index (χ2v) is 9.31. The fourth-order valence-corrected chi connectivity index (χ4v) is 4.78. The van der Waals surface area contributed by atoms with E-state index in [-0.39, 0.29) is 23.1 Å². The van der Waals surface area contributed by atoms with Gasteiger partial charge in [0.15, 0.2) is 0 Å². The van der Waals surface area contributed by atoms with E-state index in [0.29, 0.717) is 38.4 Å². The van der Waals surface area contributed by atoms with Gasteiger partial charge in [0.25, 0.3) is 11.6 Å². The van der Waals surface area contributed by atoms with E-state index in [1.165, 1.54) is 18.6 Å². The number of nitro benzene ring substituents is 1. The number of hydrogen-bond acceptors (Lipinski definition) is 7. The molecule has 1 N–H and O–H groups in total. The molecule has 2 aromatic rings. The van der Waals surface area contributed by atoms with E-state index in [9.17, 15) is 19.7 Å². The van der Waals surface area contributed by atoms with Crippen molar-refractivity contribution in [3.05, 3.63) is 69.8 Å². The quantitative estimate of drug-likeness (QED) is 0.441. The van der Waals surface area contributed by atoms with Crippen molar-refractivity contribution in [3.8, 4) is 0 Å². The summed E-state index contributed by atoms with van der Waals surface area (Å²) in [6.45, 7) is 9.64. The molecule has 2 fully saturated rings. The molecule has 0 aromatic heterocycles. The van der Waals surface area contributed by atoms with Crippen LogP contribution in [0.3, 0.4) is 0 Å². The smallest absolute Gasteiger partial charge is 0.293 e. The fourth-order valence-electron chi connectivity index (χ4n) is 4.78. The molecule has 0 saturated carbocycles. The number of hydrogen-bond donors (Lipinski definition) is 1. The van der Waals surface area contributed by atoms with Gasteiger partial charge >= 0.3 is 0 Å². The Morgan fingerprint density at radius 1 is 0.917 bits per heavy atom. The second kappa shape index (κ2) is 12.0. The molecule has 2 aliphatic rings. The van der Waals surface area contributed by atoms with Crippen LogP contribution in [-0.4, -0.2) is 96.9 Å². The number of carbonyl (C=O) groups is 2. The Hall–Kier alpha value is -3.50. The van der Waals surface area contributed by atoms with Crippen LogP contribution in [0.2, 0.25) is 0 Å². The van der Waals surface area contributed by atoms with E-state index in [1.54, 1.807) is 17.0 Å². The molecule has 0 radical (unpaired) electrons. The molecule has 192 valence electrons. The van der Waals surface area contributed by atoms with Gasteiger partial charge in [-0.15, -0.1) is 0 Å². The van der Waals surface area contributed by atoms with E-state index in [0.717, 1.165) is 39.3 Å². The zero-order valence-corrected chi connectivity index (χ0v) is 20.8. The molecule has 10 heteroatoms. The Kier molecular flexibility index (Phi) is 8.50. The third-order valence-electron chi connectivity index (χ3n) is 6.93. The number of benzene rings is 2. The summed E-state index contributed by atoms with van der Waals surface area (Å²) >= 11 is 0. The monoisotopic (exact) mass is 494 g/mol. The maximum atomic E-state index is 12.7. The highest BCUT2D eigenvalue weighted by atomic mass is 16.6. The predicted octanol–water partition coefficient (Wildman–Crippen LogP) is 1.81. The van der Waals surface area contributed by atoms with Crippen LogP contribution in [0.1, 0.15) is 22.8 Å². The fraction of sp³-hybridized carbons (Fsp3) is 0.462. The summed E-state index contributed by atoms with van der Waals surface area (Å²) in [7, 11) is 0. The van der Waals surface area contributed by atoms with Crippen LogP contribution >= 0.6 is 0 Å². The molecule has 2 aromatic carbocycles. The van der Waals surface area contributed by atoms with E-state index in [1.807, 2.05) is 11.0 Å². The largest absolute Gasteiger partial charge is 0.362 e. The number of nitrogens with one attached hydrogen (secondary N) is 1. The van der Waals surface area contributed by atoms with Crippen molar-refractivity contribution in [2.75, 3.05) is 70.3 Å². The van der Waals surface area contributed by atoms with Crippen LogP contribution in [0, 0.1) is 10.1 Å². The molecular formula is C26H34N6O4. The van der Waals surface area contributed by atoms with Crippen LogP contribution in [0.5, 0.6) is 0 Å². The van der Waals surface area contributed by atoms with Crippen molar-refractivity contribution < 1.29 is 14.5 Å². The van der Waals surface area contributed by atoms with Gasteiger partial charge in [-0.2, -0.15) is 0 Å². The van der Waals surface area contributed by atoms with Crippen LogP contribution in [0.15, 0.2) is 48.5 Å². The predicted molar refractivity (Wildman–Crippen MR) is 138 cm³/mol. The normalized spacial score (nSPS) is 17.1. The minimum atomic E-state index is -0.446. The van der Waals surface area contributed by atoms with Crippen LogP contribution in [-0.2, 0) is 11.3 Å². The molecule has 2 saturated heterocycles. The Labute approximate surface area is 211 Å². The molecule has 0 bridgehead atoms. The van der Waals surface area contributed by atoms with Gasteiger partial charge in [-0.3, -0.25) is 29.5 Å². The maximum absolute atomic E-state index is 12.7. The van der Waals surface area contributed by atoms with Gasteiger partial charge in [0, 0.05) is 90.5 Å². The summed E-state index contributed by atoms with van der Waals surface area (Å²) in [6, 6.07) is 15.1. The summed E-state index contributed by atoms with van der Waals surface area (Å²) < 4.78 is 0. The Morgan fingerprint density at radius 3 is 2.22 bits per heavy atom. The summed E-state index contributed by atoms with van der Waals surface area (Å²) in [5.41, 5.74) is 1.98. The highest BCUT2D eigenvalue weighted by Crippen LogP contribution is 2.30. The van der Waals surface area contributed by atoms with Gasteiger partial charge in [-0.25, -0.2) is 0 Å². The molecule has 0 unspecified atom stereocenters. The third kappa shape index (κ3) is 6.58. The Morgan fingerprint density at radius 2 is 1.58 bits per heavy atom. The van der Waals surface area contributed by atoms with E-state index >= 15 is 0 Å². The lowest BCUT2D eigenvalue weighted by Crippen LogP contribution is -2.48. The van der Waals surface area contributed by atoms with Crippen LogP contribution in [0.4, 0.5) is 11.4 Å². The highest BCUT2D eigenvalue weighted by Gasteiger charge is 2.26. The number of rotatable bonds is 8. The lowest BCUT2D eigenvalue weighted by atomic mass is 10.1. The molecule has 2 aliphatic heterocycles. The number of nitro groups is 1. The standard InChI is InChI=1S/C26H34N6O4/c1-21(33)30-15-17-31(18-16-30)24-8-7-23(19-25(24)32(35)36)26(34)27-9-10-28-11-13-29(14-12-28)20-22-5-3-2-4-6-22/h2-8,19H,9-18,20H2,1H3,(H,27,34). The van der Waals surface area contributed by atoms with Gasteiger partial charge in [0.05, 0.1) is 4.92 Å². The number of carbonyl (C=O) groups excluding carboxylic acids is 2. The molecule has 0 aliphatic carbocycles. The first-order valence-corrected chi connectivity index (χ1v) is 12.5. The van der Waals surface area contributed by atoms with Crippen molar-refractivity contribution in [1.29, 1.82) is 0 Å². The summed E-state index contributed by atoms with van der Waals surface area (Å²) in [6.07, 6.45) is 0. The first-order valence-electron chi connectivity index (χ1n) is 12.5. The number of anilines is 1. The number of amides is 2. The molecule has 2 heterocycles. The first-order chi connectivity index (χ1) is 17.4. The molecule has 2 amide bonds. The number of nitrogens with zero attached hydrogens (tertiary/aromatic N) is 5. The average molecular weight is 495 g/mol. The summed E-state index contributed by atoms with van der Waals surface area (Å²) in [5, 5.41) is 14.7. The van der Waals surface area contributed by atoms with Gasteiger partial charge in [-0.1, -0.05) is 30.3 Å². The summed E-state index contributed by atoms with van der Waals surface area (Å²) in [4.78, 5) is 44.0. The van der Waals surface area contributed by atoms with Gasteiger partial charge < -0.3 is 15.1 Å². The van der Waals surface area contributed by atoms with Crippen molar-refractivity contribution in [1.82, 2.24) is 20.0 Å². The summed E-state index contributed by atoms with van der Waals surface area (Å²) in [5.74, 6) is -0.306. The minimum Gasteiger partial charge on any atom is -0.362 e. The van der Waals surface area contributed by atoms with Gasteiger partial charge in [-0.05, 0) is 17.7 Å². The zero-order chi connectivity index (χ0) is 25.5. The molecule has 10 nitrogen and oxygen atoms in total. The van der Waals surface area contributed by atoms with Crippen molar-refractivity contribution >= 4 is 23.2 Å². The lowest BCUT2D eigenvalue weighted by Gasteiger charge is -2.35. The van der Waals surface area contributed by atoms with E-state index < -0.39 is 4.92 Å². The SMILES string of the molecule is CC(=O)N1CCN(c2ccc(C(=O)NCCN3CCN(Cc4ccccc4)CC3)cc2[N+](=O)[O-])CC1. The second-order valence-electron chi connectivity index (χ2n) is 9.31. The highest BCUT2D eigenvalue weighted by molar-refractivity contribution is 5.95. The maximum Gasteiger partial charge on any atom is 0.293 e. The van der Waals surface area contributed by atoms with E-state index in [2.05, 4.69) is 39.4 Å². The molecule has 0 atom stereocenters. The topological polar surface area (TPSA) is 102 Å². The lowest BCUT2D eigenvalue weighted by molar-refractivity contribution is -0.384. The Bertz CT molecular complexity index is 1060. The first kappa shape index (κ1) is 25.6. The third-order valence-corrected chi connectivity index (χ3v) is 6.93. The molecule has 36 heavy (non-hydrogen) atoms. The van der Waals surface area contributed by atoms with Crippen molar-refractivity contribution in [2.24, 2.45) is 0 Å². The van der Waals surface area contributed by atoms with E-state index in [4.69, 9.17) is 0 Å². The number of piperazine rings is 2. The van der Waals surface area contributed by atoms with Gasteiger partial charge in [0.1, 0.15) is 5.69 Å².